The molecule has 0 aliphatic heterocycles. The number of nitrogens with one attached hydrogen (secondary N) is 1. The third-order valence-electron chi connectivity index (χ3n) is 3.39. The van der Waals surface area contributed by atoms with Crippen LogP contribution in [0, 0.1) is 0 Å². The average Bonchev–Trinajstić information content (AvgIpc) is 2.89. The number of imidazole rings is 1. The van der Waals surface area contributed by atoms with Crippen LogP contribution in [0.5, 0.6) is 0 Å². The summed E-state index contributed by atoms with van der Waals surface area (Å²) in [7, 11) is 0. The highest BCUT2D eigenvalue weighted by atomic mass is 14.9. The van der Waals surface area contributed by atoms with Crippen molar-refractivity contribution in [2.24, 2.45) is 5.73 Å². The topological polar surface area (TPSA) is 54.7 Å². The molecular weight excluding hydrogens is 234 g/mol. The minimum atomic E-state index is 0.583. The first kappa shape index (κ1) is 11.9. The van der Waals surface area contributed by atoms with E-state index in [2.05, 4.69) is 59.4 Å². The number of nitrogens with zero attached hydrogens (tertiary/aromatic N) is 1. The van der Waals surface area contributed by atoms with E-state index in [4.69, 9.17) is 5.73 Å². The van der Waals surface area contributed by atoms with Crippen LogP contribution in [0.25, 0.3) is 22.2 Å². The lowest BCUT2D eigenvalue weighted by Gasteiger charge is -2.03. The Morgan fingerprint density at radius 2 is 1.79 bits per heavy atom. The fourth-order valence-corrected chi connectivity index (χ4v) is 2.24. The summed E-state index contributed by atoms with van der Waals surface area (Å²) in [6.07, 6.45) is 0.926. The summed E-state index contributed by atoms with van der Waals surface area (Å²) in [6.45, 7) is 2.68. The number of aromatic nitrogens is 2. The van der Waals surface area contributed by atoms with Gasteiger partial charge in [-0.05, 0) is 28.8 Å². The lowest BCUT2D eigenvalue weighted by Crippen LogP contribution is -1.95. The van der Waals surface area contributed by atoms with E-state index in [1.54, 1.807) is 0 Å². The van der Waals surface area contributed by atoms with Crippen LogP contribution in [0.3, 0.4) is 0 Å². The molecule has 1 aromatic heterocycles. The molecule has 0 radical (unpaired) electrons. The van der Waals surface area contributed by atoms with Gasteiger partial charge >= 0.3 is 0 Å². The molecule has 0 fully saturated rings. The number of benzene rings is 2. The van der Waals surface area contributed by atoms with E-state index in [-0.39, 0.29) is 0 Å². The number of rotatable bonds is 3. The number of hydrogen-bond donors (Lipinski definition) is 2. The normalized spacial score (nSPS) is 11.1. The van der Waals surface area contributed by atoms with E-state index in [0.29, 0.717) is 6.54 Å². The Morgan fingerprint density at radius 3 is 2.47 bits per heavy atom. The molecule has 0 atom stereocenters. The van der Waals surface area contributed by atoms with Crippen LogP contribution in [-0.4, -0.2) is 9.97 Å². The molecule has 1 heterocycles. The van der Waals surface area contributed by atoms with Crippen molar-refractivity contribution in [2.45, 2.75) is 19.9 Å². The number of aromatic amines is 1. The third-order valence-corrected chi connectivity index (χ3v) is 3.39. The van der Waals surface area contributed by atoms with Crippen LogP contribution in [0.2, 0.25) is 0 Å². The van der Waals surface area contributed by atoms with E-state index >= 15 is 0 Å². The van der Waals surface area contributed by atoms with Crippen molar-refractivity contribution in [3.63, 3.8) is 0 Å². The summed E-state index contributed by atoms with van der Waals surface area (Å²) in [5, 5.41) is 0. The fraction of sp³-hybridized carbons (Fsp3) is 0.188. The maximum Gasteiger partial charge on any atom is 0.106 e. The van der Waals surface area contributed by atoms with Crippen LogP contribution in [0.15, 0.2) is 42.5 Å². The van der Waals surface area contributed by atoms with Crippen molar-refractivity contribution >= 4 is 11.0 Å². The summed E-state index contributed by atoms with van der Waals surface area (Å²) in [5.41, 5.74) is 11.3. The van der Waals surface area contributed by atoms with Crippen molar-refractivity contribution < 1.29 is 0 Å². The van der Waals surface area contributed by atoms with Gasteiger partial charge in [0.05, 0.1) is 11.0 Å². The van der Waals surface area contributed by atoms with Crippen LogP contribution in [0.1, 0.15) is 18.3 Å². The molecule has 3 nitrogen and oxygen atoms in total. The number of aryl methyl sites for hydroxylation is 1. The Kier molecular flexibility index (Phi) is 3.05. The smallest absolute Gasteiger partial charge is 0.106 e. The van der Waals surface area contributed by atoms with Gasteiger partial charge in [-0.15, -0.1) is 0 Å². The van der Waals surface area contributed by atoms with E-state index in [9.17, 15) is 0 Å². The van der Waals surface area contributed by atoms with Crippen molar-refractivity contribution in [1.29, 1.82) is 0 Å². The Labute approximate surface area is 112 Å². The molecule has 2 aromatic carbocycles. The van der Waals surface area contributed by atoms with Gasteiger partial charge in [0, 0.05) is 13.0 Å². The molecule has 0 aliphatic carbocycles. The third kappa shape index (κ3) is 2.25. The van der Waals surface area contributed by atoms with E-state index in [0.717, 1.165) is 28.8 Å². The maximum absolute atomic E-state index is 5.62. The highest BCUT2D eigenvalue weighted by Gasteiger charge is 2.04. The van der Waals surface area contributed by atoms with Crippen molar-refractivity contribution in [3.8, 4) is 11.1 Å². The van der Waals surface area contributed by atoms with Gasteiger partial charge in [0.25, 0.3) is 0 Å². The number of hydrogen-bond acceptors (Lipinski definition) is 2. The van der Waals surface area contributed by atoms with Crippen LogP contribution < -0.4 is 5.73 Å². The molecule has 0 aliphatic rings. The highest BCUT2D eigenvalue weighted by molar-refractivity contribution is 5.82. The van der Waals surface area contributed by atoms with E-state index in [1.165, 1.54) is 11.1 Å². The second kappa shape index (κ2) is 4.86. The highest BCUT2D eigenvalue weighted by Crippen LogP contribution is 2.23. The quantitative estimate of drug-likeness (QED) is 0.750. The summed E-state index contributed by atoms with van der Waals surface area (Å²) >= 11 is 0. The standard InChI is InChI=1S/C16H17N3/c1-2-16-18-14-8-7-13(9-15(14)19-16)12-5-3-11(10-17)4-6-12/h3-9H,2,10,17H2,1H3,(H,18,19). The van der Waals surface area contributed by atoms with Gasteiger partial charge < -0.3 is 10.7 Å². The Hall–Kier alpha value is -2.13. The summed E-state index contributed by atoms with van der Waals surface area (Å²) in [6, 6.07) is 14.7. The lowest BCUT2D eigenvalue weighted by molar-refractivity contribution is 1.00. The molecule has 3 heteroatoms. The molecule has 3 aromatic rings. The predicted octanol–water partition coefficient (Wildman–Crippen LogP) is 3.25. The van der Waals surface area contributed by atoms with Crippen molar-refractivity contribution in [1.82, 2.24) is 9.97 Å². The zero-order chi connectivity index (χ0) is 13.2. The molecule has 0 saturated heterocycles. The zero-order valence-electron chi connectivity index (χ0n) is 11.0. The monoisotopic (exact) mass is 251 g/mol. The zero-order valence-corrected chi connectivity index (χ0v) is 11.0. The molecule has 0 spiro atoms. The molecule has 19 heavy (non-hydrogen) atoms. The molecular formula is C16H17N3. The SMILES string of the molecule is CCc1nc2ccc(-c3ccc(CN)cc3)cc2[nH]1. The molecule has 0 saturated carbocycles. The molecule has 0 amide bonds. The van der Waals surface area contributed by atoms with Gasteiger partial charge in [-0.3, -0.25) is 0 Å². The Balaban J connectivity index is 2.03. The van der Waals surface area contributed by atoms with Crippen LogP contribution in [0.4, 0.5) is 0 Å². The second-order valence-electron chi connectivity index (χ2n) is 4.67. The van der Waals surface area contributed by atoms with Gasteiger partial charge in [0.1, 0.15) is 5.82 Å². The first-order chi connectivity index (χ1) is 9.30. The second-order valence-corrected chi connectivity index (χ2v) is 4.67. The summed E-state index contributed by atoms with van der Waals surface area (Å²) < 4.78 is 0. The van der Waals surface area contributed by atoms with Gasteiger partial charge in [-0.2, -0.15) is 0 Å². The summed E-state index contributed by atoms with van der Waals surface area (Å²) in [4.78, 5) is 7.87. The Bertz CT molecular complexity index is 696. The van der Waals surface area contributed by atoms with Crippen LogP contribution in [-0.2, 0) is 13.0 Å². The van der Waals surface area contributed by atoms with Gasteiger partial charge in [-0.25, -0.2) is 4.98 Å². The molecule has 0 unspecified atom stereocenters. The van der Waals surface area contributed by atoms with Crippen molar-refractivity contribution in [2.75, 3.05) is 0 Å². The fourth-order valence-electron chi connectivity index (χ4n) is 2.24. The summed E-state index contributed by atoms with van der Waals surface area (Å²) in [5.74, 6) is 1.03. The number of fused-ring (bicyclic) bond motifs is 1. The van der Waals surface area contributed by atoms with Gasteiger partial charge in [0.2, 0.25) is 0 Å². The van der Waals surface area contributed by atoms with Crippen LogP contribution >= 0.6 is 0 Å². The Morgan fingerprint density at radius 1 is 1.05 bits per heavy atom. The number of H-pyrrole nitrogens is 1. The van der Waals surface area contributed by atoms with E-state index < -0.39 is 0 Å². The van der Waals surface area contributed by atoms with Gasteiger partial charge in [-0.1, -0.05) is 37.3 Å². The lowest BCUT2D eigenvalue weighted by atomic mass is 10.0. The molecule has 3 N–H and O–H groups in total. The number of nitrogens with two attached hydrogens (primary N) is 1. The van der Waals surface area contributed by atoms with Crippen molar-refractivity contribution in [3.05, 3.63) is 53.9 Å². The largest absolute Gasteiger partial charge is 0.342 e. The van der Waals surface area contributed by atoms with E-state index in [1.807, 2.05) is 0 Å². The first-order valence-electron chi connectivity index (χ1n) is 6.58. The minimum Gasteiger partial charge on any atom is -0.342 e. The maximum atomic E-state index is 5.62. The predicted molar refractivity (Wildman–Crippen MR) is 78.8 cm³/mol. The molecule has 0 bridgehead atoms. The first-order valence-corrected chi connectivity index (χ1v) is 6.58. The average molecular weight is 251 g/mol. The molecule has 3 rings (SSSR count). The van der Waals surface area contributed by atoms with Gasteiger partial charge in [0.15, 0.2) is 0 Å². The minimum absolute atomic E-state index is 0.583. The molecule has 96 valence electrons.